The molecule has 0 atom stereocenters. The summed E-state index contributed by atoms with van der Waals surface area (Å²) in [7, 11) is 1.67. The summed E-state index contributed by atoms with van der Waals surface area (Å²) in [5.74, 6) is 1.53. The Labute approximate surface area is 187 Å². The van der Waals surface area contributed by atoms with E-state index < -0.39 is 0 Å². The van der Waals surface area contributed by atoms with Crippen molar-refractivity contribution in [3.8, 4) is 0 Å². The monoisotopic (exact) mass is 526 g/mol. The quantitative estimate of drug-likeness (QED) is 0.182. The normalized spacial score (nSPS) is 11.0. The number of nitrogens with one attached hydrogen (secondary N) is 2. The van der Waals surface area contributed by atoms with Crippen molar-refractivity contribution in [2.24, 2.45) is 0 Å². The van der Waals surface area contributed by atoms with Gasteiger partial charge in [-0.15, -0.1) is 0 Å². The lowest BCUT2D eigenvalue weighted by molar-refractivity contribution is 0.0951. The number of fused-ring (bicyclic) bond motifs is 1. The molecule has 1 aromatic carbocycles. The minimum Gasteiger partial charge on any atom is -0.383 e. The highest BCUT2D eigenvalue weighted by Gasteiger charge is 2.14. The molecule has 0 aliphatic heterocycles. The van der Waals surface area contributed by atoms with Crippen LogP contribution in [0.1, 0.15) is 17.3 Å². The molecule has 3 aromatic rings. The average Bonchev–Trinajstić information content (AvgIpc) is 3.12. The maximum Gasteiger partial charge on any atom is 0.252 e. The van der Waals surface area contributed by atoms with Gasteiger partial charge < -0.3 is 15.4 Å². The number of halogens is 1. The van der Waals surface area contributed by atoms with Crippen LogP contribution in [0.2, 0.25) is 0 Å². The van der Waals surface area contributed by atoms with Crippen LogP contribution >= 0.6 is 34.4 Å². The van der Waals surface area contributed by atoms with Gasteiger partial charge in [0.25, 0.3) is 5.91 Å². The number of carbonyl (C=O) groups excluding carboxylic acids is 1. The van der Waals surface area contributed by atoms with E-state index in [0.717, 1.165) is 26.2 Å². The van der Waals surface area contributed by atoms with Gasteiger partial charge in [-0.1, -0.05) is 30.8 Å². The van der Waals surface area contributed by atoms with E-state index in [0.29, 0.717) is 37.0 Å². The number of anilines is 1. The van der Waals surface area contributed by atoms with Crippen molar-refractivity contribution < 1.29 is 9.53 Å². The highest BCUT2D eigenvalue weighted by atomic mass is 127. The first kappa shape index (κ1) is 21.8. The fraction of sp³-hybridized carbons (Fsp3) is 0.368. The topological polar surface area (TPSA) is 94.0 Å². The van der Waals surface area contributed by atoms with Gasteiger partial charge in [-0.2, -0.15) is 5.10 Å². The van der Waals surface area contributed by atoms with Gasteiger partial charge in [-0.3, -0.25) is 4.79 Å². The fourth-order valence-corrected chi connectivity index (χ4v) is 3.91. The second-order valence-corrected chi connectivity index (χ2v) is 8.44. The Morgan fingerprint density at radius 3 is 2.86 bits per heavy atom. The van der Waals surface area contributed by atoms with Crippen molar-refractivity contribution in [2.45, 2.75) is 18.6 Å². The molecule has 0 radical (unpaired) electrons. The van der Waals surface area contributed by atoms with Crippen LogP contribution in [0.5, 0.6) is 0 Å². The summed E-state index contributed by atoms with van der Waals surface area (Å²) < 4.78 is 7.83. The number of methoxy groups -OCH3 is 1. The molecule has 8 nitrogen and oxygen atoms in total. The van der Waals surface area contributed by atoms with E-state index in [4.69, 9.17) is 4.74 Å². The van der Waals surface area contributed by atoms with Gasteiger partial charge in [-0.25, -0.2) is 14.6 Å². The second kappa shape index (κ2) is 10.7. The van der Waals surface area contributed by atoms with Crippen LogP contribution in [-0.2, 0) is 11.3 Å². The van der Waals surface area contributed by atoms with E-state index in [1.54, 1.807) is 29.8 Å². The number of hydrogen-bond acceptors (Lipinski definition) is 7. The third kappa shape index (κ3) is 5.58. The van der Waals surface area contributed by atoms with Crippen LogP contribution < -0.4 is 10.6 Å². The van der Waals surface area contributed by atoms with Crippen LogP contribution in [0.4, 0.5) is 5.82 Å². The summed E-state index contributed by atoms with van der Waals surface area (Å²) in [4.78, 5) is 21.6. The molecule has 2 heterocycles. The van der Waals surface area contributed by atoms with Crippen LogP contribution in [0.15, 0.2) is 35.6 Å². The molecule has 2 N–H and O–H groups in total. The summed E-state index contributed by atoms with van der Waals surface area (Å²) in [5.41, 5.74) is 1.42. The zero-order valence-corrected chi connectivity index (χ0v) is 19.3. The van der Waals surface area contributed by atoms with Crippen molar-refractivity contribution in [3.05, 3.63) is 39.6 Å². The molecule has 0 unspecified atom stereocenters. The third-order valence-corrected chi connectivity index (χ3v) is 5.75. The summed E-state index contributed by atoms with van der Waals surface area (Å²) >= 11 is 3.74. The van der Waals surface area contributed by atoms with E-state index in [-0.39, 0.29) is 5.91 Å². The number of benzene rings is 1. The Balaban J connectivity index is 1.73. The van der Waals surface area contributed by atoms with Crippen molar-refractivity contribution in [2.75, 3.05) is 37.9 Å². The Bertz CT molecular complexity index is 980. The number of aromatic nitrogens is 4. The maximum absolute atomic E-state index is 12.4. The fourth-order valence-electron chi connectivity index (χ4n) is 2.71. The molecule has 29 heavy (non-hydrogen) atoms. The highest BCUT2D eigenvalue weighted by molar-refractivity contribution is 14.1. The van der Waals surface area contributed by atoms with Crippen LogP contribution in [0.3, 0.4) is 0 Å². The molecule has 1 amide bonds. The number of carbonyl (C=O) groups is 1. The van der Waals surface area contributed by atoms with Gasteiger partial charge in [0.15, 0.2) is 10.8 Å². The maximum atomic E-state index is 12.4. The molecule has 0 aliphatic carbocycles. The minimum absolute atomic E-state index is 0.0924. The van der Waals surface area contributed by atoms with Gasteiger partial charge >= 0.3 is 0 Å². The van der Waals surface area contributed by atoms with Crippen molar-refractivity contribution in [1.82, 2.24) is 25.1 Å². The third-order valence-electron chi connectivity index (χ3n) is 4.08. The summed E-state index contributed by atoms with van der Waals surface area (Å²) in [5, 5.41) is 12.2. The molecular weight excluding hydrogens is 503 g/mol. The molecule has 0 bridgehead atoms. The van der Waals surface area contributed by atoms with E-state index >= 15 is 0 Å². The predicted octanol–water partition coefficient (Wildman–Crippen LogP) is 3.03. The number of hydrogen-bond donors (Lipinski definition) is 2. The van der Waals surface area contributed by atoms with Gasteiger partial charge in [0, 0.05) is 23.8 Å². The standard InChI is InChI=1S/C19H23IN6O2S/c1-3-29-19-24-16(21-9-11-28-2)14-12-23-26(17(14)25-19)10-8-22-18(27)13-6-4-5-7-15(13)20/h4-7,12H,3,8-11H2,1-2H3,(H,22,27)(H,21,24,25). The lowest BCUT2D eigenvalue weighted by Crippen LogP contribution is -2.28. The molecule has 0 saturated heterocycles. The largest absolute Gasteiger partial charge is 0.383 e. The lowest BCUT2D eigenvalue weighted by Gasteiger charge is -2.10. The molecule has 2 aromatic heterocycles. The summed E-state index contributed by atoms with van der Waals surface area (Å²) in [6, 6.07) is 7.51. The molecule has 10 heteroatoms. The smallest absolute Gasteiger partial charge is 0.252 e. The van der Waals surface area contributed by atoms with Gasteiger partial charge in [-0.05, 0) is 40.5 Å². The minimum atomic E-state index is -0.0924. The van der Waals surface area contributed by atoms with Crippen molar-refractivity contribution in [1.29, 1.82) is 0 Å². The van der Waals surface area contributed by atoms with Crippen LogP contribution in [0.25, 0.3) is 11.0 Å². The molecule has 0 aliphatic rings. The van der Waals surface area contributed by atoms with Gasteiger partial charge in [0.05, 0.1) is 30.3 Å². The number of amides is 1. The molecule has 0 fully saturated rings. The summed E-state index contributed by atoms with van der Waals surface area (Å²) in [6.07, 6.45) is 1.76. The van der Waals surface area contributed by atoms with Gasteiger partial charge in [0.2, 0.25) is 0 Å². The zero-order chi connectivity index (χ0) is 20.6. The van der Waals surface area contributed by atoms with Crippen molar-refractivity contribution >= 4 is 57.1 Å². The average molecular weight is 526 g/mol. The van der Waals surface area contributed by atoms with E-state index in [1.165, 1.54) is 0 Å². The predicted molar refractivity (Wildman–Crippen MR) is 124 cm³/mol. The number of ether oxygens (including phenoxy) is 1. The Morgan fingerprint density at radius 2 is 2.10 bits per heavy atom. The van der Waals surface area contributed by atoms with Crippen molar-refractivity contribution in [3.63, 3.8) is 0 Å². The number of nitrogens with zero attached hydrogens (tertiary/aromatic N) is 4. The Kier molecular flexibility index (Phi) is 8.07. The van der Waals surface area contributed by atoms with Crippen LogP contribution in [0, 0.1) is 3.57 Å². The number of rotatable bonds is 10. The first-order chi connectivity index (χ1) is 14.1. The van der Waals surface area contributed by atoms with E-state index in [9.17, 15) is 4.79 Å². The Hall–Kier alpha value is -1.92. The van der Waals surface area contributed by atoms with E-state index in [1.807, 2.05) is 24.3 Å². The second-order valence-electron chi connectivity index (χ2n) is 6.05. The number of thioether (sulfide) groups is 1. The molecule has 154 valence electrons. The highest BCUT2D eigenvalue weighted by Crippen LogP contribution is 2.24. The van der Waals surface area contributed by atoms with Crippen LogP contribution in [-0.4, -0.2) is 58.2 Å². The molecule has 0 saturated carbocycles. The van der Waals surface area contributed by atoms with Gasteiger partial charge in [0.1, 0.15) is 5.82 Å². The Morgan fingerprint density at radius 1 is 1.28 bits per heavy atom. The molecule has 0 spiro atoms. The summed E-state index contributed by atoms with van der Waals surface area (Å²) in [6.45, 7) is 4.26. The SMILES string of the molecule is CCSc1nc(NCCOC)c2cnn(CCNC(=O)c3ccccc3I)c2n1. The lowest BCUT2D eigenvalue weighted by atomic mass is 10.2. The first-order valence-electron chi connectivity index (χ1n) is 9.26. The first-order valence-corrected chi connectivity index (χ1v) is 11.3. The molecule has 3 rings (SSSR count). The van der Waals surface area contributed by atoms with E-state index in [2.05, 4.69) is 55.2 Å². The zero-order valence-electron chi connectivity index (χ0n) is 16.3. The molecular formula is C19H23IN6O2S.